The second-order valence-corrected chi connectivity index (χ2v) is 11.8. The van der Waals surface area contributed by atoms with E-state index in [4.69, 9.17) is 19.4 Å². The number of alkyl halides is 3. The van der Waals surface area contributed by atoms with Gasteiger partial charge in [-0.1, -0.05) is 0 Å². The quantitative estimate of drug-likeness (QED) is 0.307. The molecule has 1 aliphatic rings. The first-order valence-corrected chi connectivity index (χ1v) is 14.7. The van der Waals surface area contributed by atoms with Crippen LogP contribution in [-0.2, 0) is 28.5 Å². The van der Waals surface area contributed by atoms with Crippen LogP contribution in [0, 0.1) is 0 Å². The molecule has 0 saturated carbocycles. The zero-order chi connectivity index (χ0) is 33.4. The summed E-state index contributed by atoms with van der Waals surface area (Å²) in [4.78, 5) is 31.4. The molecule has 1 amide bonds. The first kappa shape index (κ1) is 35.7. The maximum atomic E-state index is 13.7. The van der Waals surface area contributed by atoms with Crippen molar-refractivity contribution < 1.29 is 37.3 Å². The summed E-state index contributed by atoms with van der Waals surface area (Å²) < 4.78 is 53.3. The molecule has 4 rings (SSSR count). The van der Waals surface area contributed by atoms with Crippen molar-refractivity contribution in [1.82, 2.24) is 14.9 Å². The molecule has 0 bridgehead atoms. The Labute approximate surface area is 270 Å². The Morgan fingerprint density at radius 1 is 1.09 bits per heavy atom. The van der Waals surface area contributed by atoms with Crippen LogP contribution >= 0.6 is 0 Å². The zero-order valence-electron chi connectivity index (χ0n) is 26.5. The molecule has 1 fully saturated rings. The Morgan fingerprint density at radius 3 is 2.31 bits per heavy atom. The summed E-state index contributed by atoms with van der Waals surface area (Å²) in [7, 11) is 1.54. The van der Waals surface area contributed by atoms with E-state index in [1.165, 1.54) is 7.11 Å². The minimum absolute atomic E-state index is 0.0643. The molecule has 1 aromatic heterocycles. The van der Waals surface area contributed by atoms with E-state index in [2.05, 4.69) is 15.3 Å². The fraction of sp³-hybridized carbons (Fsp3) is 0.438. The van der Waals surface area contributed by atoms with Crippen LogP contribution in [0.25, 0.3) is 0 Å². The normalized spacial score (nSPS) is 13.9. The Bertz CT molecular complexity index is 1470. The molecule has 0 spiro atoms. The van der Waals surface area contributed by atoms with Gasteiger partial charge in [0.15, 0.2) is 0 Å². The summed E-state index contributed by atoms with van der Waals surface area (Å²) in [5, 5.41) is 10.5. The first-order chi connectivity index (χ1) is 21.1. The van der Waals surface area contributed by atoms with Gasteiger partial charge in [-0.3, -0.25) is 4.79 Å². The number of aliphatic carboxylic acids is 1. The van der Waals surface area contributed by atoms with E-state index in [9.17, 15) is 18.0 Å². The van der Waals surface area contributed by atoms with Gasteiger partial charge in [0.25, 0.3) is 5.97 Å². The van der Waals surface area contributed by atoms with Crippen molar-refractivity contribution in [1.29, 1.82) is 0 Å². The number of likely N-dealkylation sites (tertiary alicyclic amines) is 1. The average molecular weight is 623 g/mol. The van der Waals surface area contributed by atoms with Gasteiger partial charge in [-0.25, -0.2) is 4.79 Å². The Morgan fingerprint density at radius 2 is 1.73 bits per heavy atom. The number of anilines is 2. The number of nitrogens with one attached hydrogen (secondary N) is 1. The Kier molecular flexibility index (Phi) is 12.3. The molecule has 2 N–H and O–H groups in total. The SMILES string of the molecule is CC(=O)O.[Li][c]1ccccc1CCc1nc(Nc2ccc(C3CCN(C(=O)OC(C)(C)C)CC3)cc2OC)ncc1C(F)(F)F. The number of nitrogens with zero attached hydrogens (tertiary/aromatic N) is 3. The second-order valence-electron chi connectivity index (χ2n) is 11.8. The molecular weight excluding hydrogens is 584 g/mol. The molecule has 3 aromatic rings. The van der Waals surface area contributed by atoms with Gasteiger partial charge in [0.05, 0.1) is 0 Å². The number of hydrogen-bond acceptors (Lipinski definition) is 7. The molecule has 45 heavy (non-hydrogen) atoms. The summed E-state index contributed by atoms with van der Waals surface area (Å²) in [6.45, 7) is 7.81. The number of carbonyl (C=O) groups excluding carboxylic acids is 1. The number of benzene rings is 2. The molecule has 13 heteroatoms. The van der Waals surface area contributed by atoms with E-state index >= 15 is 0 Å². The fourth-order valence-electron chi connectivity index (χ4n) is 4.96. The van der Waals surface area contributed by atoms with Crippen molar-refractivity contribution in [2.45, 2.75) is 71.1 Å². The number of aromatic nitrogens is 2. The number of carboxylic acid groups (broad SMARTS) is 1. The third-order valence-corrected chi connectivity index (χ3v) is 7.16. The molecule has 0 unspecified atom stereocenters. The van der Waals surface area contributed by atoms with Crippen molar-refractivity contribution in [2.75, 3.05) is 25.5 Å². The Balaban J connectivity index is 0.00000130. The van der Waals surface area contributed by atoms with Crippen LogP contribution < -0.4 is 14.3 Å². The third kappa shape index (κ3) is 11.0. The summed E-state index contributed by atoms with van der Waals surface area (Å²) in [5.41, 5.74) is 1.14. The summed E-state index contributed by atoms with van der Waals surface area (Å²) in [6, 6.07) is 13.3. The number of piperidine rings is 1. The average Bonchev–Trinajstić information content (AvgIpc) is 2.95. The molecule has 0 radical (unpaired) electrons. The van der Waals surface area contributed by atoms with E-state index in [0.717, 1.165) is 41.3 Å². The van der Waals surface area contributed by atoms with Crippen molar-refractivity contribution >= 4 is 45.6 Å². The number of aryl methyl sites for hydroxylation is 2. The van der Waals surface area contributed by atoms with Gasteiger partial charge in [0.2, 0.25) is 0 Å². The van der Waals surface area contributed by atoms with Crippen LogP contribution in [0.3, 0.4) is 0 Å². The Hall–Kier alpha value is -3.75. The number of halogens is 3. The van der Waals surface area contributed by atoms with Crippen molar-refractivity contribution in [2.24, 2.45) is 0 Å². The van der Waals surface area contributed by atoms with Gasteiger partial charge >= 0.3 is 176 Å². The minimum atomic E-state index is -4.56. The van der Waals surface area contributed by atoms with Crippen LogP contribution in [0.4, 0.5) is 29.6 Å². The number of methoxy groups -OCH3 is 1. The number of amides is 1. The van der Waals surface area contributed by atoms with Crippen molar-refractivity contribution in [3.8, 4) is 5.75 Å². The van der Waals surface area contributed by atoms with Crippen molar-refractivity contribution in [3.63, 3.8) is 0 Å². The zero-order valence-corrected chi connectivity index (χ0v) is 26.5. The van der Waals surface area contributed by atoms with Crippen molar-refractivity contribution in [3.05, 3.63) is 71.0 Å². The van der Waals surface area contributed by atoms with Gasteiger partial charge in [0.1, 0.15) is 5.60 Å². The molecule has 238 valence electrons. The second kappa shape index (κ2) is 15.5. The van der Waals surface area contributed by atoms with Gasteiger partial charge in [-0.15, -0.1) is 0 Å². The molecule has 0 atom stereocenters. The molecule has 2 aromatic carbocycles. The van der Waals surface area contributed by atoms with Crippen LogP contribution in [0.15, 0.2) is 48.7 Å². The fourth-order valence-corrected chi connectivity index (χ4v) is 4.96. The topological polar surface area (TPSA) is 114 Å². The van der Waals surface area contributed by atoms with E-state index in [0.29, 0.717) is 30.9 Å². The molecular formula is C32H38F3LiN4O5. The monoisotopic (exact) mass is 622 g/mol. The van der Waals surface area contributed by atoms with E-state index in [-0.39, 0.29) is 30.1 Å². The van der Waals surface area contributed by atoms with E-state index in [1.807, 2.05) is 81.0 Å². The number of rotatable bonds is 7. The molecule has 1 aliphatic heterocycles. The summed E-state index contributed by atoms with van der Waals surface area (Å²) in [6.07, 6.45) is -1.92. The van der Waals surface area contributed by atoms with E-state index in [1.54, 1.807) is 4.90 Å². The third-order valence-electron chi connectivity index (χ3n) is 7.16. The van der Waals surface area contributed by atoms with Crippen LogP contribution in [0.5, 0.6) is 5.75 Å². The molecule has 2 heterocycles. The first-order valence-electron chi connectivity index (χ1n) is 14.7. The summed E-state index contributed by atoms with van der Waals surface area (Å²) in [5.74, 6) is -0.0106. The van der Waals surface area contributed by atoms with Crippen LogP contribution in [0.2, 0.25) is 0 Å². The standard InChI is InChI=1S/C30H34F3N4O3.C2H4O2.Li/c1-29(2,3)40-28(38)37-16-14-21(15-17-37)22-11-13-25(26(18-22)39-4)36-27-34-19-23(30(31,32)33)24(35-27)12-10-20-8-6-5-7-9-20;1-2(3)4;/h5-8,11,13,18-19,21H,10,12,14-17H2,1-4H3,(H,34,35,36);1H3,(H,3,4);. The van der Waals surface area contributed by atoms with E-state index < -0.39 is 23.3 Å². The van der Waals surface area contributed by atoms with Gasteiger partial charge in [-0.2, -0.15) is 0 Å². The summed E-state index contributed by atoms with van der Waals surface area (Å²) >= 11 is 1.94. The predicted molar refractivity (Wildman–Crippen MR) is 166 cm³/mol. The maximum absolute atomic E-state index is 13.7. The molecule has 9 nitrogen and oxygen atoms in total. The predicted octanol–water partition coefficient (Wildman–Crippen LogP) is 6.03. The number of hydrogen-bond donors (Lipinski definition) is 2. The van der Waals surface area contributed by atoms with Crippen LogP contribution in [-0.4, -0.2) is 75.6 Å². The molecule has 0 aliphatic carbocycles. The van der Waals surface area contributed by atoms with Gasteiger partial charge in [-0.05, 0) is 39.5 Å². The van der Waals surface area contributed by atoms with Crippen LogP contribution in [0.1, 0.15) is 68.8 Å². The van der Waals surface area contributed by atoms with Gasteiger partial charge in [0, 0.05) is 20.0 Å². The molecule has 1 saturated heterocycles. The number of ether oxygens (including phenoxy) is 2. The van der Waals surface area contributed by atoms with Gasteiger partial charge < -0.3 is 14.7 Å². The number of carboxylic acids is 1. The number of carbonyl (C=O) groups is 2.